The molecule has 0 fully saturated rings. The molecule has 1 atom stereocenters. The van der Waals surface area contributed by atoms with Gasteiger partial charge in [-0.05, 0) is 23.3 Å². The lowest BCUT2D eigenvalue weighted by Gasteiger charge is -2.18. The normalized spacial score (nSPS) is 12.1. The molecule has 0 saturated heterocycles. The Balaban J connectivity index is 2.28. The number of hydrogen-bond donors (Lipinski definition) is 1. The van der Waals surface area contributed by atoms with E-state index in [9.17, 15) is 4.79 Å². The van der Waals surface area contributed by atoms with Gasteiger partial charge in [-0.15, -0.1) is 0 Å². The summed E-state index contributed by atoms with van der Waals surface area (Å²) in [6.45, 7) is -0.123. The number of carbonyl (C=O) groups excluding carboxylic acids is 1. The van der Waals surface area contributed by atoms with Crippen molar-refractivity contribution in [1.29, 1.82) is 0 Å². The van der Waals surface area contributed by atoms with E-state index in [4.69, 9.17) is 22.1 Å². The minimum absolute atomic E-state index is 0.123. The summed E-state index contributed by atoms with van der Waals surface area (Å²) < 4.78 is 5.60. The van der Waals surface area contributed by atoms with Crippen LogP contribution in [0.1, 0.15) is 17.2 Å². The molecule has 1 amide bonds. The Morgan fingerprint density at radius 2 is 1.63 bits per heavy atom. The minimum Gasteiger partial charge on any atom is -0.368 e. The molecular weight excluding hydrogens is 262 g/mol. The Kier molecular flexibility index (Phi) is 4.55. The smallest absolute Gasteiger partial charge is 0.243 e. The van der Waals surface area contributed by atoms with Crippen LogP contribution in [0, 0.1) is 0 Å². The summed E-state index contributed by atoms with van der Waals surface area (Å²) in [6.07, 6.45) is -0.328. The summed E-state index contributed by atoms with van der Waals surface area (Å²) in [4.78, 5) is 10.9. The predicted octanol–water partition coefficient (Wildman–Crippen LogP) is 2.93. The second kappa shape index (κ2) is 6.36. The van der Waals surface area contributed by atoms with Crippen molar-refractivity contribution in [2.24, 2.45) is 5.73 Å². The van der Waals surface area contributed by atoms with Crippen LogP contribution in [-0.4, -0.2) is 12.5 Å². The summed E-state index contributed by atoms with van der Waals surface area (Å²) in [5.74, 6) is -0.491. The van der Waals surface area contributed by atoms with Gasteiger partial charge in [0.25, 0.3) is 0 Å². The fraction of sp³-hybridized carbons (Fsp3) is 0.133. The zero-order valence-corrected chi connectivity index (χ0v) is 11.0. The van der Waals surface area contributed by atoms with E-state index in [-0.39, 0.29) is 12.7 Å². The van der Waals surface area contributed by atoms with Crippen molar-refractivity contribution in [3.05, 3.63) is 70.7 Å². The number of carbonyl (C=O) groups is 1. The van der Waals surface area contributed by atoms with Gasteiger partial charge in [0.1, 0.15) is 12.7 Å². The third-order valence-electron chi connectivity index (χ3n) is 2.67. The summed E-state index contributed by atoms with van der Waals surface area (Å²) in [5.41, 5.74) is 7.03. The summed E-state index contributed by atoms with van der Waals surface area (Å²) in [7, 11) is 0. The van der Waals surface area contributed by atoms with Crippen LogP contribution in [0.2, 0.25) is 5.02 Å². The molecule has 0 aromatic heterocycles. The maximum Gasteiger partial charge on any atom is 0.243 e. The average Bonchev–Trinajstić information content (AvgIpc) is 2.42. The Morgan fingerprint density at radius 1 is 1.05 bits per heavy atom. The molecule has 2 aromatic carbocycles. The fourth-order valence-corrected chi connectivity index (χ4v) is 1.94. The number of nitrogens with two attached hydrogens (primary N) is 1. The molecule has 1 unspecified atom stereocenters. The van der Waals surface area contributed by atoms with Gasteiger partial charge in [-0.3, -0.25) is 4.79 Å². The van der Waals surface area contributed by atoms with Gasteiger partial charge in [-0.2, -0.15) is 0 Å². The highest BCUT2D eigenvalue weighted by Crippen LogP contribution is 2.26. The molecule has 0 heterocycles. The molecule has 3 nitrogen and oxygen atoms in total. The number of hydrogen-bond acceptors (Lipinski definition) is 2. The van der Waals surface area contributed by atoms with E-state index >= 15 is 0 Å². The number of benzene rings is 2. The van der Waals surface area contributed by atoms with Crippen LogP contribution in [-0.2, 0) is 9.53 Å². The maximum atomic E-state index is 10.9. The van der Waals surface area contributed by atoms with Gasteiger partial charge < -0.3 is 10.5 Å². The lowest BCUT2D eigenvalue weighted by Crippen LogP contribution is -2.20. The lowest BCUT2D eigenvalue weighted by atomic mass is 10.0. The summed E-state index contributed by atoms with van der Waals surface area (Å²) in [5, 5.41) is 0.658. The first kappa shape index (κ1) is 13.6. The van der Waals surface area contributed by atoms with Crippen molar-refractivity contribution >= 4 is 17.5 Å². The largest absolute Gasteiger partial charge is 0.368 e. The van der Waals surface area contributed by atoms with Crippen molar-refractivity contribution in [3.63, 3.8) is 0 Å². The second-order valence-corrected chi connectivity index (χ2v) is 4.56. The maximum absolute atomic E-state index is 10.9. The van der Waals surface area contributed by atoms with E-state index in [1.807, 2.05) is 42.5 Å². The van der Waals surface area contributed by atoms with Gasteiger partial charge in [0.05, 0.1) is 0 Å². The molecule has 0 radical (unpaired) electrons. The van der Waals surface area contributed by atoms with Gasteiger partial charge in [0.2, 0.25) is 5.91 Å². The van der Waals surface area contributed by atoms with Crippen LogP contribution in [0.15, 0.2) is 54.6 Å². The molecule has 0 aliphatic heterocycles. The molecule has 2 N–H and O–H groups in total. The van der Waals surface area contributed by atoms with Crippen LogP contribution >= 0.6 is 11.6 Å². The zero-order valence-electron chi connectivity index (χ0n) is 10.3. The first-order valence-electron chi connectivity index (χ1n) is 5.87. The molecule has 19 heavy (non-hydrogen) atoms. The predicted molar refractivity (Wildman–Crippen MR) is 74.9 cm³/mol. The minimum atomic E-state index is -0.491. The van der Waals surface area contributed by atoms with Crippen molar-refractivity contribution < 1.29 is 9.53 Å². The number of ether oxygens (including phenoxy) is 1. The molecule has 98 valence electrons. The number of halogens is 1. The van der Waals surface area contributed by atoms with Crippen molar-refractivity contribution in [1.82, 2.24) is 0 Å². The van der Waals surface area contributed by atoms with Crippen LogP contribution in [0.3, 0.4) is 0 Å². The Hall–Kier alpha value is -1.84. The van der Waals surface area contributed by atoms with Gasteiger partial charge in [-0.25, -0.2) is 0 Å². The molecule has 0 aliphatic carbocycles. The monoisotopic (exact) mass is 275 g/mol. The van der Waals surface area contributed by atoms with Crippen LogP contribution in [0.5, 0.6) is 0 Å². The summed E-state index contributed by atoms with van der Waals surface area (Å²) >= 11 is 5.87. The molecule has 0 bridgehead atoms. The van der Waals surface area contributed by atoms with E-state index in [2.05, 4.69) is 0 Å². The lowest BCUT2D eigenvalue weighted by molar-refractivity contribution is -0.123. The quantitative estimate of drug-likeness (QED) is 0.912. The van der Waals surface area contributed by atoms with E-state index in [0.717, 1.165) is 11.1 Å². The third kappa shape index (κ3) is 3.81. The average molecular weight is 276 g/mol. The third-order valence-corrected chi connectivity index (χ3v) is 2.92. The van der Waals surface area contributed by atoms with Crippen molar-refractivity contribution in [2.75, 3.05) is 6.61 Å². The summed E-state index contributed by atoms with van der Waals surface area (Å²) in [6, 6.07) is 17.0. The number of primary amides is 1. The van der Waals surface area contributed by atoms with E-state index in [1.165, 1.54) is 0 Å². The highest BCUT2D eigenvalue weighted by atomic mass is 35.5. The molecule has 0 spiro atoms. The van der Waals surface area contributed by atoms with Gasteiger partial charge in [0.15, 0.2) is 0 Å². The second-order valence-electron chi connectivity index (χ2n) is 4.12. The zero-order chi connectivity index (χ0) is 13.7. The van der Waals surface area contributed by atoms with Crippen molar-refractivity contribution in [3.8, 4) is 0 Å². The Bertz CT molecular complexity index is 540. The van der Waals surface area contributed by atoms with E-state index < -0.39 is 5.91 Å². The number of amides is 1. The molecule has 4 heteroatoms. The Morgan fingerprint density at radius 3 is 2.21 bits per heavy atom. The molecule has 2 aromatic rings. The van der Waals surface area contributed by atoms with Crippen molar-refractivity contribution in [2.45, 2.75) is 6.10 Å². The van der Waals surface area contributed by atoms with Crippen LogP contribution < -0.4 is 5.73 Å². The van der Waals surface area contributed by atoms with Gasteiger partial charge in [0, 0.05) is 5.02 Å². The molecule has 0 aliphatic rings. The molecular formula is C15H14ClNO2. The highest BCUT2D eigenvalue weighted by Gasteiger charge is 2.15. The van der Waals surface area contributed by atoms with Crippen LogP contribution in [0.25, 0.3) is 0 Å². The van der Waals surface area contributed by atoms with E-state index in [0.29, 0.717) is 5.02 Å². The van der Waals surface area contributed by atoms with E-state index in [1.54, 1.807) is 12.1 Å². The Labute approximate surface area is 117 Å². The van der Waals surface area contributed by atoms with Crippen LogP contribution in [0.4, 0.5) is 0 Å². The standard InChI is InChI=1S/C15H14ClNO2/c16-13-8-6-12(7-9-13)15(19-10-14(17)18)11-4-2-1-3-5-11/h1-9,15H,10H2,(H2,17,18). The number of rotatable bonds is 5. The fourth-order valence-electron chi connectivity index (χ4n) is 1.82. The topological polar surface area (TPSA) is 52.3 Å². The highest BCUT2D eigenvalue weighted by molar-refractivity contribution is 6.30. The first-order valence-corrected chi connectivity index (χ1v) is 6.25. The SMILES string of the molecule is NC(=O)COC(c1ccccc1)c1ccc(Cl)cc1. The van der Waals surface area contributed by atoms with Gasteiger partial charge >= 0.3 is 0 Å². The van der Waals surface area contributed by atoms with Gasteiger partial charge in [-0.1, -0.05) is 54.1 Å². The first-order chi connectivity index (χ1) is 9.16. The molecule has 2 rings (SSSR count). The molecule has 0 saturated carbocycles.